The molecular formula is C31H42N2O6. The summed E-state index contributed by atoms with van der Waals surface area (Å²) in [4.78, 5) is 2.35. The number of hydrogen-bond donors (Lipinski definition) is 0. The maximum absolute atomic E-state index is 10.6. The van der Waals surface area contributed by atoms with Gasteiger partial charge in [-0.05, 0) is 44.4 Å². The average Bonchev–Trinajstić information content (AvgIpc) is 2.97. The van der Waals surface area contributed by atoms with Gasteiger partial charge in [-0.3, -0.25) is 4.90 Å². The van der Waals surface area contributed by atoms with Crippen LogP contribution in [0, 0.1) is 22.7 Å². The molecular weight excluding hydrogens is 496 g/mol. The summed E-state index contributed by atoms with van der Waals surface area (Å²) < 4.78 is 35.4. The van der Waals surface area contributed by atoms with Gasteiger partial charge in [-0.1, -0.05) is 38.8 Å². The monoisotopic (exact) mass is 538 g/mol. The number of hydrogen-bond acceptors (Lipinski definition) is 8. The highest BCUT2D eigenvalue weighted by molar-refractivity contribution is 5.67. The Morgan fingerprint density at radius 2 is 1.62 bits per heavy atom. The lowest BCUT2D eigenvalue weighted by atomic mass is 9.68. The maximum atomic E-state index is 10.6. The van der Waals surface area contributed by atoms with Crippen LogP contribution < -0.4 is 28.4 Å². The van der Waals surface area contributed by atoms with Crippen LogP contribution in [0.4, 0.5) is 0 Å². The summed E-state index contributed by atoms with van der Waals surface area (Å²) in [6, 6.07) is 10.7. The summed E-state index contributed by atoms with van der Waals surface area (Å²) >= 11 is 0. The molecule has 2 aromatic carbocycles. The largest absolute Gasteiger partial charge is 0.492 e. The van der Waals surface area contributed by atoms with Crippen molar-refractivity contribution in [3.8, 4) is 40.6 Å². The molecule has 2 aliphatic rings. The van der Waals surface area contributed by atoms with Gasteiger partial charge in [-0.25, -0.2) is 0 Å². The highest BCUT2D eigenvalue weighted by Crippen LogP contribution is 2.52. The number of benzene rings is 2. The van der Waals surface area contributed by atoms with Gasteiger partial charge in [0.05, 0.1) is 34.5 Å². The van der Waals surface area contributed by atoms with Crippen LogP contribution in [-0.4, -0.2) is 59.1 Å². The molecule has 212 valence electrons. The lowest BCUT2D eigenvalue weighted by molar-refractivity contribution is -0.0166. The molecule has 2 heterocycles. The second-order valence-electron chi connectivity index (χ2n) is 10.6. The third kappa shape index (κ3) is 5.17. The lowest BCUT2D eigenvalue weighted by Gasteiger charge is -2.42. The smallest absolute Gasteiger partial charge is 0.207 e. The molecule has 0 fully saturated rings. The summed E-state index contributed by atoms with van der Waals surface area (Å²) in [5.41, 5.74) is 1.50. The minimum Gasteiger partial charge on any atom is -0.492 e. The molecule has 0 saturated heterocycles. The summed E-state index contributed by atoms with van der Waals surface area (Å²) in [7, 11) is 8.68. The number of ether oxygens (including phenoxy) is 6. The fourth-order valence-electron chi connectivity index (χ4n) is 6.26. The second kappa shape index (κ2) is 12.3. The van der Waals surface area contributed by atoms with Gasteiger partial charge in [-0.15, -0.1) is 0 Å². The zero-order chi connectivity index (χ0) is 28.2. The number of rotatable bonds is 11. The van der Waals surface area contributed by atoms with E-state index in [4.69, 9.17) is 28.4 Å². The van der Waals surface area contributed by atoms with E-state index in [0.717, 1.165) is 49.0 Å². The van der Waals surface area contributed by atoms with Crippen molar-refractivity contribution in [2.75, 3.05) is 42.1 Å². The Hall–Kier alpha value is -3.31. The molecule has 0 spiro atoms. The minimum atomic E-state index is -0.648. The van der Waals surface area contributed by atoms with E-state index in [-0.39, 0.29) is 18.1 Å². The molecule has 39 heavy (non-hydrogen) atoms. The number of likely N-dealkylation sites (N-methyl/N-ethyl adjacent to an activating group) is 1. The van der Waals surface area contributed by atoms with E-state index in [1.165, 1.54) is 0 Å². The number of para-hydroxylation sites is 2. The fraction of sp³-hybridized carbons (Fsp3) is 0.581. The average molecular weight is 539 g/mol. The molecule has 0 aromatic heterocycles. The molecule has 4 atom stereocenters. The van der Waals surface area contributed by atoms with Gasteiger partial charge in [0.15, 0.2) is 29.1 Å². The van der Waals surface area contributed by atoms with E-state index in [9.17, 15) is 5.26 Å². The molecule has 2 aliphatic heterocycles. The first-order chi connectivity index (χ1) is 18.9. The molecule has 0 radical (unpaired) electrons. The number of nitrogens with zero attached hydrogens (tertiary/aromatic N) is 2. The first kappa shape index (κ1) is 28.7. The van der Waals surface area contributed by atoms with Gasteiger partial charge in [-0.2, -0.15) is 5.26 Å². The van der Waals surface area contributed by atoms with Crippen LogP contribution in [0.3, 0.4) is 0 Å². The Morgan fingerprint density at radius 3 is 2.21 bits per heavy atom. The van der Waals surface area contributed by atoms with E-state index in [0.29, 0.717) is 41.9 Å². The van der Waals surface area contributed by atoms with Gasteiger partial charge in [0.1, 0.15) is 12.0 Å². The minimum absolute atomic E-state index is 0.159. The molecule has 0 aliphatic carbocycles. The van der Waals surface area contributed by atoms with Crippen LogP contribution in [0.5, 0.6) is 34.5 Å². The molecule has 0 bridgehead atoms. The summed E-state index contributed by atoms with van der Waals surface area (Å²) in [6.45, 7) is 5.38. The van der Waals surface area contributed by atoms with E-state index < -0.39 is 5.41 Å². The summed E-state index contributed by atoms with van der Waals surface area (Å²) in [6.07, 6.45) is 3.91. The Labute approximate surface area is 232 Å². The van der Waals surface area contributed by atoms with E-state index in [1.54, 1.807) is 28.4 Å². The van der Waals surface area contributed by atoms with Gasteiger partial charge in [0.2, 0.25) is 11.5 Å². The number of fused-ring (bicyclic) bond motifs is 2. The van der Waals surface area contributed by atoms with Crippen molar-refractivity contribution in [2.24, 2.45) is 11.3 Å². The number of nitriles is 1. The molecule has 4 unspecified atom stereocenters. The van der Waals surface area contributed by atoms with Crippen LogP contribution in [0.2, 0.25) is 0 Å². The normalized spacial score (nSPS) is 20.7. The van der Waals surface area contributed by atoms with E-state index >= 15 is 0 Å². The standard InChI is InChI=1S/C31H42N2O6/c1-8-20(2)31(19-32,26-18-38-24-13-9-10-14-25(24)39-26)15-11-12-21-16-22-23(17-33(21)3)28(35-5)30(37-7)29(36-6)27(22)34-4/h9-10,13-14,20-21,26H,8,11-12,15-18H2,1-7H3. The SMILES string of the molecule is CCC(C)C(C#N)(CCCC1Cc2c(c(OC)c(OC)c(OC)c2OC)CN1C)C1COc2ccccc2O1. The molecule has 0 amide bonds. The third-order valence-electron chi connectivity index (χ3n) is 8.73. The van der Waals surface area contributed by atoms with Crippen molar-refractivity contribution in [3.05, 3.63) is 35.4 Å². The van der Waals surface area contributed by atoms with Crippen molar-refractivity contribution in [2.45, 2.75) is 64.6 Å². The van der Waals surface area contributed by atoms with Crippen LogP contribution in [0.15, 0.2) is 24.3 Å². The topological polar surface area (TPSA) is 82.4 Å². The van der Waals surface area contributed by atoms with Gasteiger partial charge < -0.3 is 28.4 Å². The molecule has 8 nitrogen and oxygen atoms in total. The zero-order valence-corrected chi connectivity index (χ0v) is 24.3. The van der Waals surface area contributed by atoms with Crippen molar-refractivity contribution in [1.82, 2.24) is 4.90 Å². The van der Waals surface area contributed by atoms with Gasteiger partial charge in [0, 0.05) is 23.7 Å². The molecule has 0 N–H and O–H groups in total. The predicted octanol–water partition coefficient (Wildman–Crippen LogP) is 5.64. The number of methoxy groups -OCH3 is 4. The molecule has 4 rings (SSSR count). The Kier molecular flexibility index (Phi) is 9.01. The zero-order valence-electron chi connectivity index (χ0n) is 24.3. The fourth-order valence-corrected chi connectivity index (χ4v) is 6.26. The van der Waals surface area contributed by atoms with Crippen LogP contribution in [0.1, 0.15) is 50.7 Å². The maximum Gasteiger partial charge on any atom is 0.207 e. The third-order valence-corrected chi connectivity index (χ3v) is 8.73. The van der Waals surface area contributed by atoms with Crippen LogP contribution in [-0.2, 0) is 13.0 Å². The van der Waals surface area contributed by atoms with E-state index in [1.807, 2.05) is 24.3 Å². The Morgan fingerprint density at radius 1 is 1.00 bits per heavy atom. The van der Waals surface area contributed by atoms with Gasteiger partial charge >= 0.3 is 0 Å². The second-order valence-corrected chi connectivity index (χ2v) is 10.6. The lowest BCUT2D eigenvalue weighted by Crippen LogP contribution is -2.48. The molecule has 2 aromatic rings. The predicted molar refractivity (Wildman–Crippen MR) is 149 cm³/mol. The first-order valence-corrected chi connectivity index (χ1v) is 13.8. The van der Waals surface area contributed by atoms with Crippen LogP contribution in [0.25, 0.3) is 0 Å². The Balaban J connectivity index is 1.55. The molecule has 8 heteroatoms. The summed E-state index contributed by atoms with van der Waals surface area (Å²) in [5.74, 6) is 4.09. The quantitative estimate of drug-likeness (QED) is 0.363. The molecule has 0 saturated carbocycles. The highest BCUT2D eigenvalue weighted by Gasteiger charge is 2.47. The van der Waals surface area contributed by atoms with Crippen molar-refractivity contribution in [1.29, 1.82) is 5.26 Å². The highest BCUT2D eigenvalue weighted by atomic mass is 16.6. The first-order valence-electron chi connectivity index (χ1n) is 13.8. The van der Waals surface area contributed by atoms with Crippen molar-refractivity contribution >= 4 is 0 Å². The van der Waals surface area contributed by atoms with E-state index in [2.05, 4.69) is 31.9 Å². The Bertz CT molecular complexity index is 1190. The van der Waals surface area contributed by atoms with Crippen molar-refractivity contribution in [3.63, 3.8) is 0 Å². The van der Waals surface area contributed by atoms with Crippen LogP contribution >= 0.6 is 0 Å². The van der Waals surface area contributed by atoms with Crippen molar-refractivity contribution < 1.29 is 28.4 Å². The van der Waals surface area contributed by atoms with Gasteiger partial charge in [0.25, 0.3) is 0 Å². The summed E-state index contributed by atoms with van der Waals surface area (Å²) in [5, 5.41) is 10.6.